The van der Waals surface area contributed by atoms with E-state index in [1.807, 2.05) is 58.0 Å². The number of hydrogen-bond acceptors (Lipinski definition) is 3. The number of nitrogens with two attached hydrogens (primary N) is 1. The quantitative estimate of drug-likeness (QED) is 0.867. The highest BCUT2D eigenvalue weighted by Crippen LogP contribution is 2.20. The van der Waals surface area contributed by atoms with Crippen molar-refractivity contribution in [3.8, 4) is 0 Å². The van der Waals surface area contributed by atoms with Gasteiger partial charge in [0.15, 0.2) is 0 Å². The van der Waals surface area contributed by atoms with E-state index in [0.29, 0.717) is 0 Å². The van der Waals surface area contributed by atoms with Gasteiger partial charge in [0.2, 0.25) is 0 Å². The Morgan fingerprint density at radius 1 is 1.25 bits per heavy atom. The van der Waals surface area contributed by atoms with Gasteiger partial charge in [0, 0.05) is 6.04 Å². The van der Waals surface area contributed by atoms with Crippen LogP contribution in [0.5, 0.6) is 0 Å². The molecule has 0 radical (unpaired) electrons. The molecule has 0 saturated carbocycles. The SMILES string of the molecule is CC(N)CCC(NC(=O)OC(C)(C)C)c1ccccc1. The van der Waals surface area contributed by atoms with Crippen LogP contribution in [0.3, 0.4) is 0 Å². The van der Waals surface area contributed by atoms with Gasteiger partial charge in [-0.05, 0) is 46.1 Å². The number of alkyl carbamates (subject to hydrolysis) is 1. The minimum absolute atomic E-state index is 0.0722. The van der Waals surface area contributed by atoms with Crippen LogP contribution in [0.15, 0.2) is 30.3 Å². The van der Waals surface area contributed by atoms with Crippen molar-refractivity contribution in [2.24, 2.45) is 5.73 Å². The topological polar surface area (TPSA) is 64.3 Å². The summed E-state index contributed by atoms with van der Waals surface area (Å²) in [6.45, 7) is 7.53. The van der Waals surface area contributed by atoms with Crippen LogP contribution in [0.4, 0.5) is 4.79 Å². The molecule has 112 valence electrons. The molecule has 1 aromatic rings. The van der Waals surface area contributed by atoms with Crippen LogP contribution in [0.2, 0.25) is 0 Å². The summed E-state index contributed by atoms with van der Waals surface area (Å²) in [6.07, 6.45) is 1.24. The van der Waals surface area contributed by atoms with Crippen molar-refractivity contribution in [2.75, 3.05) is 0 Å². The Hall–Kier alpha value is -1.55. The lowest BCUT2D eigenvalue weighted by atomic mass is 10.00. The molecular formula is C16H26N2O2. The molecule has 0 spiro atoms. The molecule has 2 atom stereocenters. The molecule has 0 saturated heterocycles. The molecule has 3 N–H and O–H groups in total. The van der Waals surface area contributed by atoms with Crippen LogP contribution in [-0.4, -0.2) is 17.7 Å². The minimum atomic E-state index is -0.494. The van der Waals surface area contributed by atoms with E-state index in [2.05, 4.69) is 5.32 Å². The summed E-state index contributed by atoms with van der Waals surface area (Å²) in [5, 5.41) is 2.93. The fraction of sp³-hybridized carbons (Fsp3) is 0.562. The van der Waals surface area contributed by atoms with Gasteiger partial charge in [-0.3, -0.25) is 0 Å². The predicted octanol–water partition coefficient (Wildman–Crippen LogP) is 3.38. The van der Waals surface area contributed by atoms with Crippen LogP contribution < -0.4 is 11.1 Å². The third-order valence-corrected chi connectivity index (χ3v) is 2.80. The second kappa shape index (κ2) is 7.29. The third kappa shape index (κ3) is 6.57. The first-order chi connectivity index (χ1) is 9.28. The Balaban J connectivity index is 2.71. The van der Waals surface area contributed by atoms with E-state index in [0.717, 1.165) is 18.4 Å². The molecule has 1 rings (SSSR count). The first-order valence-electron chi connectivity index (χ1n) is 7.08. The van der Waals surface area contributed by atoms with Gasteiger partial charge in [-0.15, -0.1) is 0 Å². The van der Waals surface area contributed by atoms with E-state index in [9.17, 15) is 4.79 Å². The van der Waals surface area contributed by atoms with Crippen LogP contribution in [0.1, 0.15) is 52.1 Å². The lowest BCUT2D eigenvalue weighted by Crippen LogP contribution is -2.35. The molecule has 1 aromatic carbocycles. The Morgan fingerprint density at radius 3 is 2.35 bits per heavy atom. The predicted molar refractivity (Wildman–Crippen MR) is 81.4 cm³/mol. The highest BCUT2D eigenvalue weighted by molar-refractivity contribution is 5.68. The van der Waals surface area contributed by atoms with Gasteiger partial charge >= 0.3 is 6.09 Å². The summed E-state index contributed by atoms with van der Waals surface area (Å²) in [5.74, 6) is 0. The summed E-state index contributed by atoms with van der Waals surface area (Å²) in [4.78, 5) is 11.9. The zero-order chi connectivity index (χ0) is 15.2. The fourth-order valence-corrected chi connectivity index (χ4v) is 1.89. The number of hydrogen-bond donors (Lipinski definition) is 2. The number of nitrogens with one attached hydrogen (secondary N) is 1. The van der Waals surface area contributed by atoms with Crippen LogP contribution in [0.25, 0.3) is 0 Å². The Kier molecular flexibility index (Phi) is 6.02. The normalized spacial score (nSPS) is 14.4. The Bertz CT molecular complexity index is 410. The van der Waals surface area contributed by atoms with Gasteiger partial charge in [0.1, 0.15) is 5.60 Å². The van der Waals surface area contributed by atoms with E-state index in [1.165, 1.54) is 0 Å². The summed E-state index contributed by atoms with van der Waals surface area (Å²) in [7, 11) is 0. The molecule has 0 aliphatic carbocycles. The minimum Gasteiger partial charge on any atom is -0.444 e. The van der Waals surface area contributed by atoms with Gasteiger partial charge < -0.3 is 15.8 Å². The molecule has 1 amide bonds. The second-order valence-corrected chi connectivity index (χ2v) is 6.16. The molecule has 2 unspecified atom stereocenters. The molecule has 4 nitrogen and oxygen atoms in total. The van der Waals surface area contributed by atoms with E-state index >= 15 is 0 Å². The average molecular weight is 278 g/mol. The Labute approximate surface area is 121 Å². The number of rotatable bonds is 5. The van der Waals surface area contributed by atoms with Gasteiger partial charge in [0.05, 0.1) is 6.04 Å². The summed E-state index contributed by atoms with van der Waals surface area (Å²) < 4.78 is 5.32. The number of ether oxygens (including phenoxy) is 1. The highest BCUT2D eigenvalue weighted by atomic mass is 16.6. The summed E-state index contributed by atoms with van der Waals surface area (Å²) in [5.41, 5.74) is 6.38. The van der Waals surface area contributed by atoms with Crippen molar-refractivity contribution in [3.63, 3.8) is 0 Å². The third-order valence-electron chi connectivity index (χ3n) is 2.80. The van der Waals surface area contributed by atoms with Crippen molar-refractivity contribution in [2.45, 2.75) is 58.2 Å². The van der Waals surface area contributed by atoms with Gasteiger partial charge in [-0.1, -0.05) is 30.3 Å². The molecule has 0 bridgehead atoms. The lowest BCUT2D eigenvalue weighted by Gasteiger charge is -2.24. The molecule has 0 heterocycles. The zero-order valence-corrected chi connectivity index (χ0v) is 12.8. The number of carbonyl (C=O) groups is 1. The molecule has 0 aliphatic rings. The van der Waals surface area contributed by atoms with E-state index in [1.54, 1.807) is 0 Å². The van der Waals surface area contributed by atoms with Crippen molar-refractivity contribution < 1.29 is 9.53 Å². The van der Waals surface area contributed by atoms with E-state index < -0.39 is 11.7 Å². The lowest BCUT2D eigenvalue weighted by molar-refractivity contribution is 0.0500. The Morgan fingerprint density at radius 2 is 1.85 bits per heavy atom. The standard InChI is InChI=1S/C16H26N2O2/c1-12(17)10-11-14(13-8-6-5-7-9-13)18-15(19)20-16(2,3)4/h5-9,12,14H,10-11,17H2,1-4H3,(H,18,19). The first kappa shape index (κ1) is 16.5. The second-order valence-electron chi connectivity index (χ2n) is 6.16. The number of benzene rings is 1. The maximum Gasteiger partial charge on any atom is 0.408 e. The first-order valence-corrected chi connectivity index (χ1v) is 7.08. The van der Waals surface area contributed by atoms with Gasteiger partial charge in [-0.2, -0.15) is 0 Å². The molecule has 0 fully saturated rings. The van der Waals surface area contributed by atoms with Crippen molar-refractivity contribution in [1.29, 1.82) is 0 Å². The van der Waals surface area contributed by atoms with E-state index in [4.69, 9.17) is 10.5 Å². The highest BCUT2D eigenvalue weighted by Gasteiger charge is 2.20. The van der Waals surface area contributed by atoms with Crippen molar-refractivity contribution >= 4 is 6.09 Å². The largest absolute Gasteiger partial charge is 0.444 e. The maximum absolute atomic E-state index is 11.9. The van der Waals surface area contributed by atoms with Crippen molar-refractivity contribution in [1.82, 2.24) is 5.32 Å². The fourth-order valence-electron chi connectivity index (χ4n) is 1.89. The summed E-state index contributed by atoms with van der Waals surface area (Å²) >= 11 is 0. The maximum atomic E-state index is 11.9. The van der Waals surface area contributed by atoms with Crippen LogP contribution >= 0.6 is 0 Å². The van der Waals surface area contributed by atoms with Gasteiger partial charge in [0.25, 0.3) is 0 Å². The monoisotopic (exact) mass is 278 g/mol. The smallest absolute Gasteiger partial charge is 0.408 e. The zero-order valence-electron chi connectivity index (χ0n) is 12.8. The van der Waals surface area contributed by atoms with Crippen LogP contribution in [0, 0.1) is 0 Å². The van der Waals surface area contributed by atoms with Crippen LogP contribution in [-0.2, 0) is 4.74 Å². The average Bonchev–Trinajstić information content (AvgIpc) is 2.33. The number of carbonyl (C=O) groups excluding carboxylic acids is 1. The molecule has 4 heteroatoms. The van der Waals surface area contributed by atoms with E-state index in [-0.39, 0.29) is 12.1 Å². The number of amides is 1. The molecule has 0 aliphatic heterocycles. The molecule has 20 heavy (non-hydrogen) atoms. The summed E-state index contributed by atoms with van der Waals surface area (Å²) in [6, 6.07) is 9.93. The molecular weight excluding hydrogens is 252 g/mol. The molecule has 0 aromatic heterocycles. The van der Waals surface area contributed by atoms with Crippen molar-refractivity contribution in [3.05, 3.63) is 35.9 Å². The van der Waals surface area contributed by atoms with Gasteiger partial charge in [-0.25, -0.2) is 4.79 Å².